The van der Waals surface area contributed by atoms with Gasteiger partial charge in [-0.2, -0.15) is 0 Å². The van der Waals surface area contributed by atoms with Gasteiger partial charge in [0, 0.05) is 12.6 Å². The molecule has 0 radical (unpaired) electrons. The van der Waals surface area contributed by atoms with E-state index in [4.69, 9.17) is 0 Å². The van der Waals surface area contributed by atoms with Gasteiger partial charge in [0.1, 0.15) is 0 Å². The van der Waals surface area contributed by atoms with Crippen LogP contribution in [0.2, 0.25) is 0 Å². The van der Waals surface area contributed by atoms with Crippen LogP contribution in [0.4, 0.5) is 0 Å². The van der Waals surface area contributed by atoms with Gasteiger partial charge in [-0.15, -0.1) is 0 Å². The summed E-state index contributed by atoms with van der Waals surface area (Å²) in [4.78, 5) is 5.09. The highest BCUT2D eigenvalue weighted by molar-refractivity contribution is 4.70. The highest BCUT2D eigenvalue weighted by atomic mass is 15.2. The molecule has 1 unspecified atom stereocenters. The molecule has 0 saturated carbocycles. The largest absolute Gasteiger partial charge is 0.313 e. The van der Waals surface area contributed by atoms with Crippen molar-refractivity contribution >= 4 is 0 Å². The molecule has 0 aliphatic carbocycles. The second-order valence-electron chi connectivity index (χ2n) is 4.94. The third-order valence-electron chi connectivity index (χ3n) is 3.75. The van der Waals surface area contributed by atoms with Crippen LogP contribution in [0.5, 0.6) is 0 Å². The van der Waals surface area contributed by atoms with Gasteiger partial charge >= 0.3 is 0 Å². The summed E-state index contributed by atoms with van der Waals surface area (Å²) in [5, 5.41) is 3.57. The predicted molar refractivity (Wildman–Crippen MR) is 82.3 cm³/mol. The van der Waals surface area contributed by atoms with Gasteiger partial charge in [0.2, 0.25) is 0 Å². The molecule has 0 fully saturated rings. The van der Waals surface area contributed by atoms with Gasteiger partial charge < -0.3 is 15.1 Å². The molecular weight excluding hydrogens is 222 g/mol. The Hall–Kier alpha value is -0.120. The molecule has 110 valence electrons. The summed E-state index contributed by atoms with van der Waals surface area (Å²) in [6, 6.07) is 0.656. The summed E-state index contributed by atoms with van der Waals surface area (Å²) in [5.74, 6) is 0. The summed E-state index contributed by atoms with van der Waals surface area (Å²) in [7, 11) is 0. The molecule has 0 aromatic rings. The van der Waals surface area contributed by atoms with E-state index in [1.54, 1.807) is 0 Å². The predicted octanol–water partition coefficient (Wildman–Crippen LogP) is 2.43. The molecule has 1 atom stereocenters. The van der Waals surface area contributed by atoms with Crippen molar-refractivity contribution in [1.29, 1.82) is 0 Å². The number of hydrogen-bond donors (Lipinski definition) is 1. The zero-order valence-electron chi connectivity index (χ0n) is 13.3. The van der Waals surface area contributed by atoms with Crippen LogP contribution < -0.4 is 5.32 Å². The Morgan fingerprint density at radius 3 is 1.83 bits per heavy atom. The van der Waals surface area contributed by atoms with Gasteiger partial charge in [-0.25, -0.2) is 0 Å². The Kier molecular flexibility index (Phi) is 11.9. The van der Waals surface area contributed by atoms with Gasteiger partial charge in [-0.3, -0.25) is 0 Å². The van der Waals surface area contributed by atoms with E-state index in [9.17, 15) is 0 Å². The highest BCUT2D eigenvalue weighted by Crippen LogP contribution is 2.00. The summed E-state index contributed by atoms with van der Waals surface area (Å²) < 4.78 is 0. The van der Waals surface area contributed by atoms with Crippen molar-refractivity contribution in [3.05, 3.63) is 0 Å². The molecule has 18 heavy (non-hydrogen) atoms. The minimum atomic E-state index is 0.656. The standard InChI is InChI=1S/C15H35N3/c1-6-15(16-7-2)14-18(10-5)13-11-12-17(8-3)9-4/h15-16H,6-14H2,1-5H3. The van der Waals surface area contributed by atoms with Crippen LogP contribution >= 0.6 is 0 Å². The second-order valence-corrected chi connectivity index (χ2v) is 4.94. The molecule has 0 spiro atoms. The molecule has 0 aliphatic heterocycles. The van der Waals surface area contributed by atoms with Crippen molar-refractivity contribution in [3.63, 3.8) is 0 Å². The maximum atomic E-state index is 3.57. The first kappa shape index (κ1) is 17.9. The molecule has 1 N–H and O–H groups in total. The minimum Gasteiger partial charge on any atom is -0.313 e. The average Bonchev–Trinajstić information content (AvgIpc) is 2.41. The molecular formula is C15H35N3. The van der Waals surface area contributed by atoms with E-state index in [1.807, 2.05) is 0 Å². The fourth-order valence-corrected chi connectivity index (χ4v) is 2.37. The fourth-order valence-electron chi connectivity index (χ4n) is 2.37. The molecule has 3 nitrogen and oxygen atoms in total. The minimum absolute atomic E-state index is 0.656. The van der Waals surface area contributed by atoms with Crippen LogP contribution in [0.25, 0.3) is 0 Å². The summed E-state index contributed by atoms with van der Waals surface area (Å²) in [6.45, 7) is 19.5. The molecule has 0 bridgehead atoms. The number of rotatable bonds is 12. The second kappa shape index (κ2) is 11.9. The van der Waals surface area contributed by atoms with Gasteiger partial charge in [0.25, 0.3) is 0 Å². The number of likely N-dealkylation sites (N-methyl/N-ethyl adjacent to an activating group) is 2. The normalized spacial score (nSPS) is 13.5. The van der Waals surface area contributed by atoms with E-state index in [1.165, 1.54) is 52.1 Å². The Bertz CT molecular complexity index is 169. The molecule has 0 rings (SSSR count). The maximum absolute atomic E-state index is 3.57. The fraction of sp³-hybridized carbons (Fsp3) is 1.00. The van der Waals surface area contributed by atoms with E-state index in [0.29, 0.717) is 6.04 Å². The SMILES string of the molecule is CCNC(CC)CN(CC)CCCN(CC)CC. The number of hydrogen-bond acceptors (Lipinski definition) is 3. The van der Waals surface area contributed by atoms with Gasteiger partial charge in [0.05, 0.1) is 0 Å². The van der Waals surface area contributed by atoms with Crippen molar-refractivity contribution in [2.45, 2.75) is 53.5 Å². The van der Waals surface area contributed by atoms with Crippen LogP contribution in [0.3, 0.4) is 0 Å². The van der Waals surface area contributed by atoms with Crippen molar-refractivity contribution in [2.24, 2.45) is 0 Å². The van der Waals surface area contributed by atoms with Gasteiger partial charge in [-0.1, -0.05) is 34.6 Å². The lowest BCUT2D eigenvalue weighted by atomic mass is 10.2. The third-order valence-corrected chi connectivity index (χ3v) is 3.75. The lowest BCUT2D eigenvalue weighted by Gasteiger charge is -2.27. The first-order chi connectivity index (χ1) is 8.71. The van der Waals surface area contributed by atoms with Crippen LogP contribution in [-0.2, 0) is 0 Å². The van der Waals surface area contributed by atoms with Crippen LogP contribution in [-0.4, -0.2) is 61.7 Å². The van der Waals surface area contributed by atoms with E-state index >= 15 is 0 Å². The van der Waals surface area contributed by atoms with Gasteiger partial charge in [0.15, 0.2) is 0 Å². The number of nitrogens with one attached hydrogen (secondary N) is 1. The van der Waals surface area contributed by atoms with Crippen molar-refractivity contribution in [1.82, 2.24) is 15.1 Å². The Morgan fingerprint density at radius 2 is 1.39 bits per heavy atom. The monoisotopic (exact) mass is 257 g/mol. The van der Waals surface area contributed by atoms with Crippen LogP contribution in [0, 0.1) is 0 Å². The third kappa shape index (κ3) is 8.06. The summed E-state index contributed by atoms with van der Waals surface area (Å²) in [5.41, 5.74) is 0. The molecule has 0 saturated heterocycles. The molecule has 0 heterocycles. The Labute approximate surface area is 115 Å². The smallest absolute Gasteiger partial charge is 0.0192 e. The Balaban J connectivity index is 3.87. The van der Waals surface area contributed by atoms with Crippen molar-refractivity contribution < 1.29 is 0 Å². The zero-order valence-corrected chi connectivity index (χ0v) is 13.3. The molecule has 3 heteroatoms. The van der Waals surface area contributed by atoms with Crippen LogP contribution in [0.1, 0.15) is 47.5 Å². The average molecular weight is 257 g/mol. The van der Waals surface area contributed by atoms with E-state index in [2.05, 4.69) is 49.7 Å². The van der Waals surface area contributed by atoms with E-state index in [0.717, 1.165) is 6.54 Å². The highest BCUT2D eigenvalue weighted by Gasteiger charge is 2.10. The molecule has 0 aromatic carbocycles. The summed E-state index contributed by atoms with van der Waals surface area (Å²) >= 11 is 0. The lowest BCUT2D eigenvalue weighted by Crippen LogP contribution is -2.41. The molecule has 0 amide bonds. The van der Waals surface area contributed by atoms with Crippen molar-refractivity contribution in [3.8, 4) is 0 Å². The van der Waals surface area contributed by atoms with Gasteiger partial charge in [-0.05, 0) is 52.1 Å². The quantitative estimate of drug-likeness (QED) is 0.579. The topological polar surface area (TPSA) is 18.5 Å². The maximum Gasteiger partial charge on any atom is 0.0192 e. The van der Waals surface area contributed by atoms with Crippen LogP contribution in [0.15, 0.2) is 0 Å². The molecule has 0 aromatic heterocycles. The first-order valence-electron chi connectivity index (χ1n) is 7.89. The molecule has 0 aliphatic rings. The number of nitrogens with zero attached hydrogens (tertiary/aromatic N) is 2. The van der Waals surface area contributed by atoms with E-state index < -0.39 is 0 Å². The summed E-state index contributed by atoms with van der Waals surface area (Å²) in [6.07, 6.45) is 2.51. The Morgan fingerprint density at radius 1 is 0.833 bits per heavy atom. The first-order valence-corrected chi connectivity index (χ1v) is 7.89. The zero-order chi connectivity index (χ0) is 13.8. The van der Waals surface area contributed by atoms with Crippen molar-refractivity contribution in [2.75, 3.05) is 45.8 Å². The lowest BCUT2D eigenvalue weighted by molar-refractivity contribution is 0.224. The van der Waals surface area contributed by atoms with E-state index in [-0.39, 0.29) is 0 Å².